The van der Waals surface area contributed by atoms with Crippen LogP contribution in [-0.4, -0.2) is 11.1 Å². The van der Waals surface area contributed by atoms with Crippen molar-refractivity contribution in [2.24, 2.45) is 5.92 Å². The van der Waals surface area contributed by atoms with Crippen molar-refractivity contribution < 1.29 is 9.32 Å². The Kier molecular flexibility index (Phi) is 3.68. The molecule has 1 amide bonds. The Bertz CT molecular complexity index is 692. The molecule has 0 saturated heterocycles. The van der Waals surface area contributed by atoms with Crippen LogP contribution in [0.2, 0.25) is 10.0 Å². The lowest BCUT2D eigenvalue weighted by Gasteiger charge is -2.06. The van der Waals surface area contributed by atoms with Gasteiger partial charge in [-0.1, -0.05) is 40.5 Å². The van der Waals surface area contributed by atoms with Crippen LogP contribution in [0.5, 0.6) is 0 Å². The Morgan fingerprint density at radius 1 is 1.38 bits per heavy atom. The van der Waals surface area contributed by atoms with Crippen molar-refractivity contribution in [2.75, 3.05) is 5.32 Å². The number of aromatic nitrogens is 1. The first-order valence-electron chi connectivity index (χ1n) is 6.66. The van der Waals surface area contributed by atoms with Gasteiger partial charge in [0.25, 0.3) is 0 Å². The zero-order valence-electron chi connectivity index (χ0n) is 11.6. The van der Waals surface area contributed by atoms with E-state index < -0.39 is 0 Å². The lowest BCUT2D eigenvalue weighted by molar-refractivity contribution is -0.117. The van der Waals surface area contributed by atoms with Crippen LogP contribution in [0, 0.1) is 19.8 Å². The predicted molar refractivity (Wildman–Crippen MR) is 81.9 cm³/mol. The number of hydrogen-bond acceptors (Lipinski definition) is 3. The number of amides is 1. The van der Waals surface area contributed by atoms with Gasteiger partial charge in [0.2, 0.25) is 5.91 Å². The van der Waals surface area contributed by atoms with E-state index >= 15 is 0 Å². The third kappa shape index (κ3) is 2.65. The normalized spacial score (nSPS) is 20.4. The molecule has 1 heterocycles. The molecular formula is C15H14Cl2N2O2. The van der Waals surface area contributed by atoms with Crippen molar-refractivity contribution in [3.63, 3.8) is 0 Å². The molecule has 1 aliphatic carbocycles. The minimum Gasteiger partial charge on any atom is -0.359 e. The maximum absolute atomic E-state index is 12.3. The van der Waals surface area contributed by atoms with E-state index in [1.54, 1.807) is 19.9 Å². The molecule has 4 nitrogen and oxygen atoms in total. The van der Waals surface area contributed by atoms with E-state index in [0.29, 0.717) is 27.2 Å². The maximum atomic E-state index is 12.3. The molecule has 110 valence electrons. The lowest BCUT2D eigenvalue weighted by atomic mass is 10.1. The molecule has 0 aliphatic heterocycles. The first kappa shape index (κ1) is 14.4. The van der Waals surface area contributed by atoms with Crippen LogP contribution in [0.3, 0.4) is 0 Å². The average molecular weight is 325 g/mol. The molecule has 0 radical (unpaired) electrons. The fourth-order valence-corrected chi connectivity index (χ4v) is 2.96. The van der Waals surface area contributed by atoms with Crippen LogP contribution in [0.25, 0.3) is 0 Å². The number of anilines is 1. The van der Waals surface area contributed by atoms with Crippen LogP contribution in [0.15, 0.2) is 22.7 Å². The quantitative estimate of drug-likeness (QED) is 0.913. The van der Waals surface area contributed by atoms with Crippen molar-refractivity contribution in [2.45, 2.75) is 26.2 Å². The summed E-state index contributed by atoms with van der Waals surface area (Å²) in [5.41, 5.74) is 2.27. The number of hydrogen-bond donors (Lipinski definition) is 1. The molecule has 1 saturated carbocycles. The van der Waals surface area contributed by atoms with Gasteiger partial charge in [-0.3, -0.25) is 4.79 Å². The van der Waals surface area contributed by atoms with E-state index in [4.69, 9.17) is 27.7 Å². The lowest BCUT2D eigenvalue weighted by Crippen LogP contribution is -2.15. The summed E-state index contributed by atoms with van der Waals surface area (Å²) in [6.45, 7) is 3.57. The summed E-state index contributed by atoms with van der Waals surface area (Å²) in [5, 5.41) is 7.76. The summed E-state index contributed by atoms with van der Waals surface area (Å²) in [7, 11) is 0. The largest absolute Gasteiger partial charge is 0.359 e. The smallest absolute Gasteiger partial charge is 0.228 e. The summed E-state index contributed by atoms with van der Waals surface area (Å²) < 4.78 is 5.04. The number of benzene rings is 1. The van der Waals surface area contributed by atoms with E-state index in [-0.39, 0.29) is 17.7 Å². The van der Waals surface area contributed by atoms with Crippen LogP contribution >= 0.6 is 23.2 Å². The monoisotopic (exact) mass is 324 g/mol. The fraction of sp³-hybridized carbons (Fsp3) is 0.333. The molecule has 1 aromatic heterocycles. The van der Waals surface area contributed by atoms with Gasteiger partial charge in [0.15, 0.2) is 5.76 Å². The predicted octanol–water partition coefficient (Wildman–Crippen LogP) is 4.34. The SMILES string of the molecule is Cc1noc(C)c1NC(=O)[C@@H]1C[C@@H]1c1cccc(Cl)c1Cl. The number of halogens is 2. The number of nitrogens with one attached hydrogen (secondary N) is 1. The Labute approximate surface area is 132 Å². The molecule has 0 unspecified atom stereocenters. The van der Waals surface area contributed by atoms with Crippen molar-refractivity contribution in [3.8, 4) is 0 Å². The van der Waals surface area contributed by atoms with Crippen molar-refractivity contribution in [1.82, 2.24) is 5.16 Å². The van der Waals surface area contributed by atoms with Crippen molar-refractivity contribution in [1.29, 1.82) is 0 Å². The van der Waals surface area contributed by atoms with E-state index in [0.717, 1.165) is 12.0 Å². The highest BCUT2D eigenvalue weighted by Crippen LogP contribution is 2.51. The minimum atomic E-state index is -0.0883. The molecule has 1 N–H and O–H groups in total. The highest BCUT2D eigenvalue weighted by atomic mass is 35.5. The van der Waals surface area contributed by atoms with Gasteiger partial charge in [0.1, 0.15) is 11.4 Å². The molecule has 3 rings (SSSR count). The maximum Gasteiger partial charge on any atom is 0.228 e. The topological polar surface area (TPSA) is 55.1 Å². The van der Waals surface area contributed by atoms with E-state index in [9.17, 15) is 4.79 Å². The van der Waals surface area contributed by atoms with Crippen LogP contribution in [-0.2, 0) is 4.79 Å². The third-order valence-electron chi connectivity index (χ3n) is 3.79. The molecule has 1 fully saturated rings. The second-order valence-corrected chi connectivity index (χ2v) is 6.07. The number of nitrogens with zero attached hydrogens (tertiary/aromatic N) is 1. The van der Waals surface area contributed by atoms with Crippen LogP contribution in [0.4, 0.5) is 5.69 Å². The van der Waals surface area contributed by atoms with E-state index in [1.807, 2.05) is 12.1 Å². The van der Waals surface area contributed by atoms with Gasteiger partial charge in [-0.2, -0.15) is 0 Å². The zero-order chi connectivity index (χ0) is 15.1. The molecule has 2 aromatic rings. The van der Waals surface area contributed by atoms with E-state index in [1.165, 1.54) is 0 Å². The molecule has 0 spiro atoms. The fourth-order valence-electron chi connectivity index (χ4n) is 2.51. The molecule has 0 bridgehead atoms. The molecule has 21 heavy (non-hydrogen) atoms. The zero-order valence-corrected chi connectivity index (χ0v) is 13.1. The average Bonchev–Trinajstić information content (AvgIpc) is 3.19. The summed E-state index contributed by atoms with van der Waals surface area (Å²) in [6, 6.07) is 5.52. The van der Waals surface area contributed by atoms with Crippen molar-refractivity contribution >= 4 is 34.8 Å². The molecule has 2 atom stereocenters. The number of carbonyl (C=O) groups excluding carboxylic acids is 1. The summed E-state index contributed by atoms with van der Waals surface area (Å²) in [4.78, 5) is 12.3. The second kappa shape index (κ2) is 5.35. The third-order valence-corrected chi connectivity index (χ3v) is 4.62. The Morgan fingerprint density at radius 3 is 2.81 bits per heavy atom. The number of aryl methyl sites for hydroxylation is 2. The highest BCUT2D eigenvalue weighted by molar-refractivity contribution is 6.42. The van der Waals surface area contributed by atoms with Gasteiger partial charge in [-0.25, -0.2) is 0 Å². The van der Waals surface area contributed by atoms with Gasteiger partial charge in [0, 0.05) is 5.92 Å². The van der Waals surface area contributed by atoms with Gasteiger partial charge < -0.3 is 9.84 Å². The summed E-state index contributed by atoms with van der Waals surface area (Å²) in [6.07, 6.45) is 0.773. The summed E-state index contributed by atoms with van der Waals surface area (Å²) >= 11 is 12.2. The van der Waals surface area contributed by atoms with Crippen LogP contribution in [0.1, 0.15) is 29.4 Å². The molecule has 1 aliphatic rings. The Morgan fingerprint density at radius 2 is 2.14 bits per heavy atom. The van der Waals surface area contributed by atoms with Gasteiger partial charge >= 0.3 is 0 Å². The standard InChI is InChI=1S/C15H14Cl2N2O2/c1-7-14(8(2)21-19-7)18-15(20)11-6-10(11)9-4-3-5-12(16)13(9)17/h3-5,10-11H,6H2,1-2H3,(H,18,20)/t10-,11-/m1/s1. The summed E-state index contributed by atoms with van der Waals surface area (Å²) in [5.74, 6) is 0.607. The molecular weight excluding hydrogens is 311 g/mol. The van der Waals surface area contributed by atoms with Gasteiger partial charge in [-0.15, -0.1) is 0 Å². The number of carbonyl (C=O) groups is 1. The first-order valence-corrected chi connectivity index (χ1v) is 7.42. The highest BCUT2D eigenvalue weighted by Gasteiger charge is 2.45. The molecule has 1 aromatic carbocycles. The second-order valence-electron chi connectivity index (χ2n) is 5.28. The minimum absolute atomic E-state index is 0.0366. The Hall–Kier alpha value is -1.52. The molecule has 6 heteroatoms. The van der Waals surface area contributed by atoms with Crippen molar-refractivity contribution in [3.05, 3.63) is 45.3 Å². The van der Waals surface area contributed by atoms with Crippen LogP contribution < -0.4 is 5.32 Å². The first-order chi connectivity index (χ1) is 9.99. The number of rotatable bonds is 3. The Balaban J connectivity index is 1.73. The van der Waals surface area contributed by atoms with E-state index in [2.05, 4.69) is 10.5 Å². The van der Waals surface area contributed by atoms with Gasteiger partial charge in [0.05, 0.1) is 10.0 Å². The van der Waals surface area contributed by atoms with Gasteiger partial charge in [-0.05, 0) is 37.8 Å².